The number of alkyl halides is 2. The van der Waals surface area contributed by atoms with Gasteiger partial charge in [-0.15, -0.1) is 23.2 Å². The van der Waals surface area contributed by atoms with Crippen molar-refractivity contribution in [1.82, 2.24) is 9.55 Å². The highest BCUT2D eigenvalue weighted by atomic mass is 35.5. The lowest BCUT2D eigenvalue weighted by atomic mass is 9.88. The van der Waals surface area contributed by atoms with Gasteiger partial charge < -0.3 is 15.0 Å². The molecule has 5 nitrogen and oxygen atoms in total. The summed E-state index contributed by atoms with van der Waals surface area (Å²) in [6.45, 7) is 0.739. The first kappa shape index (κ1) is 16.6. The molecule has 7 heteroatoms. The summed E-state index contributed by atoms with van der Waals surface area (Å²) in [4.78, 5) is 15.6. The second-order valence-electron chi connectivity index (χ2n) is 5.52. The van der Waals surface area contributed by atoms with E-state index < -0.39 is 12.0 Å². The highest BCUT2D eigenvalue weighted by Gasteiger charge is 2.31. The molecule has 1 aromatic rings. The molecule has 21 heavy (non-hydrogen) atoms. The number of halogens is 2. The molecule has 0 saturated heterocycles. The van der Waals surface area contributed by atoms with E-state index in [0.29, 0.717) is 6.42 Å². The number of imidazole rings is 1. The molecule has 0 bridgehead atoms. The Morgan fingerprint density at radius 1 is 1.52 bits per heavy atom. The van der Waals surface area contributed by atoms with Gasteiger partial charge in [-0.3, -0.25) is 4.79 Å². The molecule has 0 spiro atoms. The Hall–Kier alpha value is -0.780. The zero-order chi connectivity index (χ0) is 15.4. The lowest BCUT2D eigenvalue weighted by Gasteiger charge is -2.31. The van der Waals surface area contributed by atoms with Crippen LogP contribution >= 0.6 is 23.2 Å². The van der Waals surface area contributed by atoms with E-state index in [-0.39, 0.29) is 16.7 Å². The second-order valence-corrected chi connectivity index (χ2v) is 6.64. The lowest BCUT2D eigenvalue weighted by molar-refractivity contribution is -0.142. The van der Waals surface area contributed by atoms with Crippen LogP contribution in [0.4, 0.5) is 0 Å². The fourth-order valence-electron chi connectivity index (χ4n) is 2.71. The molecular formula is C14H21Cl2N3O2. The van der Waals surface area contributed by atoms with Crippen LogP contribution in [0.15, 0.2) is 12.5 Å². The SMILES string of the molecule is COC(=O)C(N)Cc1cn(CC2C(Cl)CCCC2Cl)cn1. The van der Waals surface area contributed by atoms with E-state index in [2.05, 4.69) is 9.72 Å². The highest BCUT2D eigenvalue weighted by Crippen LogP contribution is 2.33. The lowest BCUT2D eigenvalue weighted by Crippen LogP contribution is -2.34. The van der Waals surface area contributed by atoms with E-state index >= 15 is 0 Å². The van der Waals surface area contributed by atoms with Crippen molar-refractivity contribution >= 4 is 29.2 Å². The smallest absolute Gasteiger partial charge is 0.323 e. The van der Waals surface area contributed by atoms with Gasteiger partial charge in [0, 0.05) is 35.8 Å². The maximum atomic E-state index is 11.3. The van der Waals surface area contributed by atoms with Gasteiger partial charge in [0.05, 0.1) is 19.1 Å². The molecule has 1 fully saturated rings. The Balaban J connectivity index is 1.95. The zero-order valence-corrected chi connectivity index (χ0v) is 13.6. The van der Waals surface area contributed by atoms with Gasteiger partial charge >= 0.3 is 5.97 Å². The number of aromatic nitrogens is 2. The summed E-state index contributed by atoms with van der Waals surface area (Å²) in [5.41, 5.74) is 6.50. The summed E-state index contributed by atoms with van der Waals surface area (Å²) in [6, 6.07) is -0.686. The van der Waals surface area contributed by atoms with Crippen LogP contribution in [-0.4, -0.2) is 39.4 Å². The van der Waals surface area contributed by atoms with Gasteiger partial charge in [-0.2, -0.15) is 0 Å². The van der Waals surface area contributed by atoms with Gasteiger partial charge in [0.2, 0.25) is 0 Å². The first-order valence-electron chi connectivity index (χ1n) is 7.13. The molecule has 3 atom stereocenters. The van der Waals surface area contributed by atoms with Crippen LogP contribution in [-0.2, 0) is 22.5 Å². The number of carbonyl (C=O) groups excluding carboxylic acids is 1. The van der Waals surface area contributed by atoms with Crippen molar-refractivity contribution in [3.8, 4) is 0 Å². The van der Waals surface area contributed by atoms with E-state index in [0.717, 1.165) is 31.5 Å². The van der Waals surface area contributed by atoms with Crippen molar-refractivity contribution < 1.29 is 9.53 Å². The Bertz CT molecular complexity index is 471. The van der Waals surface area contributed by atoms with Crippen molar-refractivity contribution in [3.63, 3.8) is 0 Å². The number of nitrogens with zero attached hydrogens (tertiary/aromatic N) is 2. The average molecular weight is 334 g/mol. The van der Waals surface area contributed by atoms with Crippen LogP contribution in [0, 0.1) is 5.92 Å². The predicted molar refractivity (Wildman–Crippen MR) is 82.5 cm³/mol. The molecule has 0 aromatic carbocycles. The van der Waals surface area contributed by atoms with E-state index in [9.17, 15) is 4.79 Å². The van der Waals surface area contributed by atoms with Crippen molar-refractivity contribution in [2.24, 2.45) is 11.7 Å². The summed E-state index contributed by atoms with van der Waals surface area (Å²) in [6.07, 6.45) is 7.08. The molecule has 1 aromatic heterocycles. The largest absolute Gasteiger partial charge is 0.468 e. The molecular weight excluding hydrogens is 313 g/mol. The Labute approximate surface area is 134 Å². The van der Waals surface area contributed by atoms with Gasteiger partial charge in [-0.05, 0) is 12.8 Å². The van der Waals surface area contributed by atoms with Crippen molar-refractivity contribution in [3.05, 3.63) is 18.2 Å². The highest BCUT2D eigenvalue weighted by molar-refractivity contribution is 6.24. The van der Waals surface area contributed by atoms with Crippen molar-refractivity contribution in [1.29, 1.82) is 0 Å². The van der Waals surface area contributed by atoms with Gasteiger partial charge in [-0.25, -0.2) is 4.98 Å². The number of nitrogens with two attached hydrogens (primary N) is 1. The number of ether oxygens (including phenoxy) is 1. The number of methoxy groups -OCH3 is 1. The first-order chi connectivity index (χ1) is 10.0. The quantitative estimate of drug-likeness (QED) is 0.660. The third-order valence-corrected chi connectivity index (χ3v) is 5.01. The Morgan fingerprint density at radius 2 is 2.19 bits per heavy atom. The number of rotatable bonds is 5. The molecule has 118 valence electrons. The Kier molecular flexibility index (Phi) is 5.90. The fourth-order valence-corrected chi connectivity index (χ4v) is 3.60. The van der Waals surface area contributed by atoms with E-state index in [1.54, 1.807) is 6.33 Å². The van der Waals surface area contributed by atoms with Crippen LogP contribution in [0.25, 0.3) is 0 Å². The van der Waals surface area contributed by atoms with Gasteiger partial charge in [0.25, 0.3) is 0 Å². The van der Waals surface area contributed by atoms with Crippen molar-refractivity contribution in [2.45, 2.75) is 49.0 Å². The van der Waals surface area contributed by atoms with Crippen LogP contribution in [0.2, 0.25) is 0 Å². The standard InChI is InChI=1S/C14H21Cl2N3O2/c1-21-14(20)13(17)5-9-6-19(8-18-9)7-10-11(15)3-2-4-12(10)16/h6,8,10-13H,2-5,7,17H2,1H3. The van der Waals surface area contributed by atoms with Gasteiger partial charge in [-0.1, -0.05) is 6.42 Å². The first-order valence-corrected chi connectivity index (χ1v) is 8.00. The summed E-state index contributed by atoms with van der Waals surface area (Å²) in [5.74, 6) is -0.197. The number of hydrogen-bond donors (Lipinski definition) is 1. The summed E-state index contributed by atoms with van der Waals surface area (Å²) >= 11 is 12.8. The van der Waals surface area contributed by atoms with Crippen LogP contribution < -0.4 is 5.73 Å². The van der Waals surface area contributed by atoms with E-state index in [1.807, 2.05) is 10.8 Å². The van der Waals surface area contributed by atoms with Crippen LogP contribution in [0.1, 0.15) is 25.0 Å². The fraction of sp³-hybridized carbons (Fsp3) is 0.714. The third-order valence-electron chi connectivity index (χ3n) is 3.93. The molecule has 2 rings (SSSR count). The normalized spacial score (nSPS) is 27.3. The molecule has 1 aliphatic rings. The summed E-state index contributed by atoms with van der Waals surface area (Å²) < 4.78 is 6.58. The average Bonchev–Trinajstić information content (AvgIpc) is 2.89. The molecule has 0 radical (unpaired) electrons. The zero-order valence-electron chi connectivity index (χ0n) is 12.0. The molecule has 2 N–H and O–H groups in total. The number of hydrogen-bond acceptors (Lipinski definition) is 4. The summed E-state index contributed by atoms with van der Waals surface area (Å²) in [7, 11) is 1.32. The minimum absolute atomic E-state index is 0.101. The predicted octanol–water partition coefficient (Wildman–Crippen LogP) is 1.94. The van der Waals surface area contributed by atoms with Crippen LogP contribution in [0.5, 0.6) is 0 Å². The Morgan fingerprint density at radius 3 is 2.81 bits per heavy atom. The molecule has 0 amide bonds. The maximum absolute atomic E-state index is 11.3. The van der Waals surface area contributed by atoms with Crippen molar-refractivity contribution in [2.75, 3.05) is 7.11 Å². The molecule has 1 heterocycles. The van der Waals surface area contributed by atoms with Gasteiger partial charge in [0.15, 0.2) is 0 Å². The topological polar surface area (TPSA) is 70.1 Å². The van der Waals surface area contributed by atoms with Crippen LogP contribution in [0.3, 0.4) is 0 Å². The minimum atomic E-state index is -0.686. The van der Waals surface area contributed by atoms with Gasteiger partial charge in [0.1, 0.15) is 6.04 Å². The number of esters is 1. The van der Waals surface area contributed by atoms with E-state index in [1.165, 1.54) is 7.11 Å². The minimum Gasteiger partial charge on any atom is -0.468 e. The number of carbonyl (C=O) groups is 1. The summed E-state index contributed by atoms with van der Waals surface area (Å²) in [5, 5.41) is 0.203. The molecule has 1 saturated carbocycles. The molecule has 0 aliphatic heterocycles. The monoisotopic (exact) mass is 333 g/mol. The molecule has 1 aliphatic carbocycles. The third kappa shape index (κ3) is 4.34. The maximum Gasteiger partial charge on any atom is 0.323 e. The molecule has 3 unspecified atom stereocenters. The second kappa shape index (κ2) is 7.47. The van der Waals surface area contributed by atoms with E-state index in [4.69, 9.17) is 28.9 Å².